The third-order valence-electron chi connectivity index (χ3n) is 4.07. The average Bonchev–Trinajstić information content (AvgIpc) is 2.72. The second-order valence-corrected chi connectivity index (χ2v) is 5.69. The molecule has 0 atom stereocenters. The number of aliphatic carboxylic acids is 1. The van der Waals surface area contributed by atoms with E-state index in [2.05, 4.69) is 34.6 Å². The van der Waals surface area contributed by atoms with E-state index in [4.69, 9.17) is 5.11 Å². The van der Waals surface area contributed by atoms with Crippen molar-refractivity contribution < 1.29 is 9.90 Å². The number of nitrogens with one attached hydrogen (secondary N) is 1. The minimum absolute atomic E-state index is 0.238. The molecule has 2 aromatic rings. The fourth-order valence-corrected chi connectivity index (χ4v) is 2.93. The van der Waals surface area contributed by atoms with Gasteiger partial charge in [0.15, 0.2) is 0 Å². The predicted molar refractivity (Wildman–Crippen MR) is 91.2 cm³/mol. The SMILES string of the molecule is O=C(O)CCCC/C=C1/c2ccncc2CNc2ccccc21. The van der Waals surface area contributed by atoms with Gasteiger partial charge in [0.05, 0.1) is 0 Å². The second-order valence-electron chi connectivity index (χ2n) is 5.69. The lowest BCUT2D eigenvalue weighted by atomic mass is 9.94. The summed E-state index contributed by atoms with van der Waals surface area (Å²) in [6, 6.07) is 10.4. The van der Waals surface area contributed by atoms with Crippen molar-refractivity contribution in [3.63, 3.8) is 0 Å². The van der Waals surface area contributed by atoms with Crippen molar-refractivity contribution in [3.8, 4) is 0 Å². The zero-order valence-electron chi connectivity index (χ0n) is 13.0. The minimum Gasteiger partial charge on any atom is -0.481 e. The third kappa shape index (κ3) is 3.59. The van der Waals surface area contributed by atoms with E-state index < -0.39 is 5.97 Å². The van der Waals surface area contributed by atoms with E-state index in [1.807, 2.05) is 24.5 Å². The molecular formula is C19H20N2O2. The van der Waals surface area contributed by atoms with Gasteiger partial charge in [-0.05, 0) is 48.1 Å². The van der Waals surface area contributed by atoms with Crippen LogP contribution in [-0.4, -0.2) is 16.1 Å². The van der Waals surface area contributed by atoms with Gasteiger partial charge in [-0.25, -0.2) is 0 Å². The number of hydrogen-bond donors (Lipinski definition) is 2. The lowest BCUT2D eigenvalue weighted by molar-refractivity contribution is -0.137. The van der Waals surface area contributed by atoms with E-state index in [-0.39, 0.29) is 6.42 Å². The molecule has 2 heterocycles. The normalized spacial score (nSPS) is 14.5. The Balaban J connectivity index is 1.89. The average molecular weight is 308 g/mol. The standard InChI is InChI=1S/C19H20N2O2/c22-19(23)9-3-1-2-6-16-15-10-11-20-12-14(15)13-21-18-8-5-4-7-17(16)18/h4-8,10-12,21H,1-3,9,13H2,(H,22,23)/b16-6-. The van der Waals surface area contributed by atoms with Crippen LogP contribution in [0.1, 0.15) is 42.4 Å². The number of para-hydroxylation sites is 1. The summed E-state index contributed by atoms with van der Waals surface area (Å²) < 4.78 is 0. The Labute approximate surface area is 135 Å². The number of carboxylic acids is 1. The maximum absolute atomic E-state index is 10.6. The van der Waals surface area contributed by atoms with Crippen LogP contribution in [0.25, 0.3) is 5.57 Å². The Morgan fingerprint density at radius 3 is 2.96 bits per heavy atom. The fourth-order valence-electron chi connectivity index (χ4n) is 2.93. The van der Waals surface area contributed by atoms with Gasteiger partial charge in [0.1, 0.15) is 0 Å². The highest BCUT2D eigenvalue weighted by molar-refractivity contribution is 5.88. The number of fused-ring (bicyclic) bond motifs is 2. The summed E-state index contributed by atoms with van der Waals surface area (Å²) in [6.45, 7) is 0.760. The lowest BCUT2D eigenvalue weighted by Gasteiger charge is -2.11. The Bertz CT molecular complexity index is 688. The molecule has 0 radical (unpaired) electrons. The van der Waals surface area contributed by atoms with Crippen LogP contribution in [0.5, 0.6) is 0 Å². The molecule has 0 fully saturated rings. The number of anilines is 1. The van der Waals surface area contributed by atoms with Crippen LogP contribution in [0.2, 0.25) is 0 Å². The topological polar surface area (TPSA) is 62.2 Å². The van der Waals surface area contributed by atoms with Crippen molar-refractivity contribution in [2.75, 3.05) is 5.32 Å². The smallest absolute Gasteiger partial charge is 0.303 e. The number of hydrogen-bond acceptors (Lipinski definition) is 3. The molecule has 1 aromatic heterocycles. The van der Waals surface area contributed by atoms with Gasteiger partial charge in [0.2, 0.25) is 0 Å². The Kier molecular flexibility index (Phi) is 4.71. The highest BCUT2D eigenvalue weighted by Gasteiger charge is 2.16. The molecule has 0 unspecified atom stereocenters. The maximum Gasteiger partial charge on any atom is 0.303 e. The van der Waals surface area contributed by atoms with Gasteiger partial charge in [-0.3, -0.25) is 9.78 Å². The number of pyridine rings is 1. The Hall–Kier alpha value is -2.62. The number of nitrogens with zero attached hydrogens (tertiary/aromatic N) is 1. The van der Waals surface area contributed by atoms with Crippen LogP contribution >= 0.6 is 0 Å². The fraction of sp³-hybridized carbons (Fsp3) is 0.263. The Morgan fingerprint density at radius 1 is 1.22 bits per heavy atom. The van der Waals surface area contributed by atoms with E-state index in [1.54, 1.807) is 0 Å². The van der Waals surface area contributed by atoms with Crippen molar-refractivity contribution in [2.24, 2.45) is 0 Å². The zero-order chi connectivity index (χ0) is 16.1. The molecule has 1 aliphatic rings. The number of aromatic nitrogens is 1. The van der Waals surface area contributed by atoms with E-state index >= 15 is 0 Å². The van der Waals surface area contributed by atoms with E-state index in [0.29, 0.717) is 6.42 Å². The molecule has 1 aliphatic heterocycles. The van der Waals surface area contributed by atoms with Gasteiger partial charge in [0.25, 0.3) is 0 Å². The van der Waals surface area contributed by atoms with Gasteiger partial charge in [-0.15, -0.1) is 0 Å². The highest BCUT2D eigenvalue weighted by atomic mass is 16.4. The predicted octanol–water partition coefficient (Wildman–Crippen LogP) is 4.08. The summed E-state index contributed by atoms with van der Waals surface area (Å²) in [7, 11) is 0. The summed E-state index contributed by atoms with van der Waals surface area (Å²) in [5.41, 5.74) is 5.91. The monoisotopic (exact) mass is 308 g/mol. The van der Waals surface area contributed by atoms with Crippen LogP contribution < -0.4 is 5.32 Å². The highest BCUT2D eigenvalue weighted by Crippen LogP contribution is 2.35. The molecule has 0 spiro atoms. The Morgan fingerprint density at radius 2 is 2.09 bits per heavy atom. The van der Waals surface area contributed by atoms with E-state index in [0.717, 1.165) is 25.1 Å². The minimum atomic E-state index is -0.724. The zero-order valence-corrected chi connectivity index (χ0v) is 13.0. The molecule has 4 heteroatoms. The van der Waals surface area contributed by atoms with Crippen LogP contribution in [-0.2, 0) is 11.3 Å². The quantitative estimate of drug-likeness (QED) is 0.817. The van der Waals surface area contributed by atoms with Gasteiger partial charge < -0.3 is 10.4 Å². The summed E-state index contributed by atoms with van der Waals surface area (Å²) >= 11 is 0. The van der Waals surface area contributed by atoms with Gasteiger partial charge in [-0.1, -0.05) is 24.3 Å². The first kappa shape index (κ1) is 15.3. The van der Waals surface area contributed by atoms with Gasteiger partial charge in [0, 0.05) is 36.6 Å². The van der Waals surface area contributed by atoms with Crippen molar-refractivity contribution >= 4 is 17.2 Å². The van der Waals surface area contributed by atoms with Gasteiger partial charge >= 0.3 is 5.97 Å². The number of carbonyl (C=O) groups is 1. The van der Waals surface area contributed by atoms with Crippen LogP contribution in [0, 0.1) is 0 Å². The molecule has 0 saturated carbocycles. The van der Waals surface area contributed by atoms with Crippen LogP contribution in [0.3, 0.4) is 0 Å². The molecule has 23 heavy (non-hydrogen) atoms. The number of carboxylic acid groups (broad SMARTS) is 1. The molecule has 1 aromatic carbocycles. The van der Waals surface area contributed by atoms with E-state index in [9.17, 15) is 4.79 Å². The molecular weight excluding hydrogens is 288 g/mol. The number of rotatable bonds is 5. The second kappa shape index (κ2) is 7.09. The largest absolute Gasteiger partial charge is 0.481 e. The van der Waals surface area contributed by atoms with Crippen molar-refractivity contribution in [1.29, 1.82) is 0 Å². The summed E-state index contributed by atoms with van der Waals surface area (Å²) in [6.07, 6.45) is 8.67. The van der Waals surface area contributed by atoms with E-state index in [1.165, 1.54) is 22.3 Å². The van der Waals surface area contributed by atoms with Crippen molar-refractivity contribution in [3.05, 3.63) is 65.5 Å². The molecule has 4 nitrogen and oxygen atoms in total. The molecule has 118 valence electrons. The van der Waals surface area contributed by atoms with Gasteiger partial charge in [-0.2, -0.15) is 0 Å². The summed E-state index contributed by atoms with van der Waals surface area (Å²) in [5, 5.41) is 12.2. The van der Waals surface area contributed by atoms with Crippen LogP contribution in [0.15, 0.2) is 48.8 Å². The molecule has 3 rings (SSSR count). The number of allylic oxidation sites excluding steroid dienone is 1. The first-order chi connectivity index (χ1) is 11.3. The third-order valence-corrected chi connectivity index (χ3v) is 4.07. The molecule has 0 aliphatic carbocycles. The molecule has 2 N–H and O–H groups in total. The summed E-state index contributed by atoms with van der Waals surface area (Å²) in [5.74, 6) is -0.724. The molecule has 0 amide bonds. The van der Waals surface area contributed by atoms with Crippen molar-refractivity contribution in [2.45, 2.75) is 32.2 Å². The lowest BCUT2D eigenvalue weighted by Crippen LogP contribution is -1.99. The van der Waals surface area contributed by atoms with Crippen LogP contribution in [0.4, 0.5) is 5.69 Å². The first-order valence-corrected chi connectivity index (χ1v) is 7.94. The number of unbranched alkanes of at least 4 members (excludes halogenated alkanes) is 2. The number of benzene rings is 1. The summed E-state index contributed by atoms with van der Waals surface area (Å²) in [4.78, 5) is 14.8. The molecule has 0 saturated heterocycles. The van der Waals surface area contributed by atoms with Crippen molar-refractivity contribution in [1.82, 2.24) is 4.98 Å². The maximum atomic E-state index is 10.6. The first-order valence-electron chi connectivity index (χ1n) is 7.94. The molecule has 0 bridgehead atoms.